The van der Waals surface area contributed by atoms with Crippen LogP contribution in [0.2, 0.25) is 0 Å². The fraction of sp³-hybridized carbons (Fsp3) is 0.647. The van der Waals surface area contributed by atoms with Gasteiger partial charge >= 0.3 is 23.8 Å². The highest BCUT2D eigenvalue weighted by molar-refractivity contribution is 7.90. The summed E-state index contributed by atoms with van der Waals surface area (Å²) in [5.74, 6) is -3.51. The Morgan fingerprint density at radius 3 is 2.29 bits per heavy atom. The number of benzene rings is 1. The van der Waals surface area contributed by atoms with Gasteiger partial charge in [0, 0.05) is 38.5 Å². The van der Waals surface area contributed by atoms with E-state index in [0.29, 0.717) is 12.3 Å². The molecule has 2 bridgehead atoms. The van der Waals surface area contributed by atoms with Crippen LogP contribution in [-0.2, 0) is 57.6 Å². The van der Waals surface area contributed by atoms with E-state index in [1.807, 2.05) is 30.3 Å². The Balaban J connectivity index is 1.30. The summed E-state index contributed by atoms with van der Waals surface area (Å²) in [7, 11) is -3.97. The molecular weight excluding hydrogens is 662 g/mol. The second-order valence-electron chi connectivity index (χ2n) is 14.2. The summed E-state index contributed by atoms with van der Waals surface area (Å²) in [5.41, 5.74) is 0.00787. The van der Waals surface area contributed by atoms with Crippen LogP contribution in [0.15, 0.2) is 42.2 Å². The van der Waals surface area contributed by atoms with Crippen LogP contribution in [0.1, 0.15) is 71.8 Å². The van der Waals surface area contributed by atoms with E-state index in [-0.39, 0.29) is 23.3 Å². The summed E-state index contributed by atoms with van der Waals surface area (Å²) in [6.07, 6.45) is -4.71. The molecule has 1 spiro atoms. The van der Waals surface area contributed by atoms with Crippen molar-refractivity contribution in [3.63, 3.8) is 0 Å². The number of sulfonamides is 1. The molecule has 1 aromatic rings. The van der Waals surface area contributed by atoms with Gasteiger partial charge in [-0.05, 0) is 42.2 Å². The number of hydrogen-bond acceptors (Lipinski definition) is 13. The van der Waals surface area contributed by atoms with Crippen LogP contribution in [0.3, 0.4) is 0 Å². The molecule has 49 heavy (non-hydrogen) atoms. The number of aliphatic hydroxyl groups is 1. The Kier molecular flexibility index (Phi) is 9.35. The number of hydrogen-bond donors (Lipinski definition) is 1. The van der Waals surface area contributed by atoms with E-state index in [1.54, 1.807) is 6.08 Å². The number of esters is 3. The number of nitrogens with zero attached hydrogens (tertiary/aromatic N) is 1. The zero-order chi connectivity index (χ0) is 35.5. The molecule has 14 nitrogen and oxygen atoms in total. The maximum absolute atomic E-state index is 14.3. The molecule has 3 heterocycles. The lowest BCUT2D eigenvalue weighted by Crippen LogP contribution is -2.62. The summed E-state index contributed by atoms with van der Waals surface area (Å²) in [5, 5.41) is 11.3. The second-order valence-corrected chi connectivity index (χ2v) is 16.0. The van der Waals surface area contributed by atoms with Gasteiger partial charge in [-0.1, -0.05) is 44.2 Å². The lowest BCUT2D eigenvalue weighted by Gasteiger charge is -2.44. The minimum atomic E-state index is -3.97. The summed E-state index contributed by atoms with van der Waals surface area (Å²) < 4.78 is 62.4. The number of fused-ring (bicyclic) bond motifs is 1. The highest BCUT2D eigenvalue weighted by atomic mass is 32.2. The van der Waals surface area contributed by atoms with Crippen molar-refractivity contribution >= 4 is 33.8 Å². The van der Waals surface area contributed by atoms with Crippen molar-refractivity contribution in [2.45, 2.75) is 109 Å². The average molecular weight is 706 g/mol. The van der Waals surface area contributed by atoms with Crippen LogP contribution < -0.4 is 0 Å². The first-order valence-corrected chi connectivity index (χ1v) is 18.1. The minimum Gasteiger partial charge on any atom is -0.463 e. The summed E-state index contributed by atoms with van der Waals surface area (Å²) in [6, 6.07) is 8.71. The van der Waals surface area contributed by atoms with Gasteiger partial charge in [0.15, 0.2) is 24.3 Å². The Morgan fingerprint density at radius 2 is 1.65 bits per heavy atom. The first-order chi connectivity index (χ1) is 23.0. The highest BCUT2D eigenvalue weighted by Crippen LogP contribution is 2.70. The van der Waals surface area contributed by atoms with Crippen molar-refractivity contribution in [3.05, 3.63) is 47.7 Å². The van der Waals surface area contributed by atoms with E-state index in [9.17, 15) is 32.7 Å². The first kappa shape index (κ1) is 35.3. The Labute approximate surface area is 285 Å². The molecule has 2 saturated carbocycles. The van der Waals surface area contributed by atoms with Crippen LogP contribution in [-0.4, -0.2) is 97.0 Å². The number of amides is 1. The maximum Gasteiger partial charge on any atom is 0.303 e. The van der Waals surface area contributed by atoms with Gasteiger partial charge in [0.05, 0.1) is 11.8 Å². The monoisotopic (exact) mass is 705 g/mol. The van der Waals surface area contributed by atoms with Gasteiger partial charge in [-0.25, -0.2) is 12.7 Å². The predicted octanol–water partition coefficient (Wildman–Crippen LogP) is 2.30. The molecule has 2 saturated heterocycles. The maximum atomic E-state index is 14.3. The summed E-state index contributed by atoms with van der Waals surface area (Å²) >= 11 is 0. The fourth-order valence-electron chi connectivity index (χ4n) is 8.64. The number of rotatable bonds is 8. The fourth-order valence-corrected chi connectivity index (χ4v) is 11.2. The lowest BCUT2D eigenvalue weighted by atomic mass is 9.69. The van der Waals surface area contributed by atoms with Crippen LogP contribution in [0.4, 0.5) is 0 Å². The second kappa shape index (κ2) is 13.0. The molecule has 268 valence electrons. The highest BCUT2D eigenvalue weighted by Gasteiger charge is 2.72. The Morgan fingerprint density at radius 1 is 0.980 bits per heavy atom. The molecule has 6 rings (SSSR count). The third-order valence-corrected chi connectivity index (χ3v) is 13.0. The van der Waals surface area contributed by atoms with Gasteiger partial charge in [-0.15, -0.1) is 0 Å². The van der Waals surface area contributed by atoms with Crippen LogP contribution in [0.25, 0.3) is 0 Å². The molecule has 1 N–H and O–H groups in total. The van der Waals surface area contributed by atoms with Crippen molar-refractivity contribution < 1.29 is 61.1 Å². The zero-order valence-corrected chi connectivity index (χ0v) is 28.9. The largest absolute Gasteiger partial charge is 0.463 e. The average Bonchev–Trinajstić information content (AvgIpc) is 3.51. The number of aliphatic hydroxyl groups excluding tert-OH is 1. The van der Waals surface area contributed by atoms with E-state index in [1.165, 1.54) is 6.92 Å². The quantitative estimate of drug-likeness (QED) is 0.308. The zero-order valence-electron chi connectivity index (χ0n) is 28.1. The molecule has 15 heteroatoms. The van der Waals surface area contributed by atoms with Crippen LogP contribution >= 0.6 is 0 Å². The normalized spacial score (nSPS) is 37.0. The van der Waals surface area contributed by atoms with E-state index in [4.69, 9.17) is 28.4 Å². The van der Waals surface area contributed by atoms with E-state index < -0.39 is 94.8 Å². The van der Waals surface area contributed by atoms with Gasteiger partial charge < -0.3 is 33.5 Å². The molecule has 5 aliphatic rings. The number of allylic oxidation sites excluding steroid dienone is 1. The lowest BCUT2D eigenvalue weighted by molar-refractivity contribution is -0.336. The smallest absolute Gasteiger partial charge is 0.303 e. The van der Waals surface area contributed by atoms with Crippen molar-refractivity contribution in [2.75, 3.05) is 12.4 Å². The Bertz CT molecular complexity index is 1630. The SMILES string of the molecule is CC(=O)OC[C@H]1O[C@@H](O[C@@H]2C[C@H](c3ccccc3)C=C(C(=O)N3[C@H]4C[C@@H]5CC[C@@]4(CS3(=O)=O)C5(C)C)O2)[C@@H](O)[C@@H](OC(C)=O)[C@@H]1OC(C)=O. The van der Waals surface area contributed by atoms with Crippen LogP contribution in [0.5, 0.6) is 0 Å². The number of ether oxygens (including phenoxy) is 6. The molecule has 10 atom stereocenters. The molecular formula is C34H43NO13S. The first-order valence-electron chi connectivity index (χ1n) is 16.5. The predicted molar refractivity (Wildman–Crippen MR) is 168 cm³/mol. The molecule has 0 unspecified atom stereocenters. The summed E-state index contributed by atoms with van der Waals surface area (Å²) in [4.78, 5) is 50.0. The molecule has 4 fully saturated rings. The van der Waals surface area contributed by atoms with Crippen molar-refractivity contribution in [2.24, 2.45) is 16.7 Å². The topological polar surface area (TPSA) is 181 Å². The number of carbonyl (C=O) groups is 4. The van der Waals surface area contributed by atoms with Crippen LogP contribution in [0, 0.1) is 16.7 Å². The molecule has 3 aliphatic heterocycles. The third kappa shape index (κ3) is 6.34. The van der Waals surface area contributed by atoms with Crippen molar-refractivity contribution in [1.82, 2.24) is 4.31 Å². The summed E-state index contributed by atoms with van der Waals surface area (Å²) in [6.45, 7) is 7.15. The minimum absolute atomic E-state index is 0.109. The third-order valence-electron chi connectivity index (χ3n) is 11.1. The van der Waals surface area contributed by atoms with Gasteiger partial charge in [-0.2, -0.15) is 0 Å². The Hall–Kier alpha value is -3.53. The molecule has 0 aromatic heterocycles. The number of carbonyl (C=O) groups excluding carboxylic acids is 4. The van der Waals surface area contributed by atoms with Gasteiger partial charge in [0.25, 0.3) is 0 Å². The van der Waals surface area contributed by atoms with E-state index >= 15 is 0 Å². The van der Waals surface area contributed by atoms with Crippen molar-refractivity contribution in [3.8, 4) is 0 Å². The van der Waals surface area contributed by atoms with Gasteiger partial charge in [0.2, 0.25) is 16.3 Å². The molecule has 2 aliphatic carbocycles. The van der Waals surface area contributed by atoms with E-state index in [2.05, 4.69) is 13.8 Å². The molecule has 0 radical (unpaired) electrons. The molecule has 1 aromatic carbocycles. The van der Waals surface area contributed by atoms with Crippen molar-refractivity contribution in [1.29, 1.82) is 0 Å². The molecule has 1 amide bonds. The van der Waals surface area contributed by atoms with Gasteiger partial charge in [-0.3, -0.25) is 19.2 Å². The van der Waals surface area contributed by atoms with Gasteiger partial charge in [0.1, 0.15) is 18.8 Å². The standard InChI is InChI=1S/C34H43NO13S/c1-18(36)43-16-25-29(44-19(2)37)30(45-20(3)38)28(39)32(47-25)48-27-14-22(21-9-7-6-8-10-21)13-24(46-27)31(40)35-26-15-23-11-12-34(26,33(23,4)5)17-49(35,41)42/h6-10,13,22-23,25-30,32,39H,11-12,14-17H2,1-5H3/t22-,23+,25-,26+,27-,28+,29-,30-,32+,34+/m1/s1. The van der Waals surface area contributed by atoms with E-state index in [0.717, 1.165) is 36.6 Å².